The molecule has 3 nitrogen and oxygen atoms in total. The Morgan fingerprint density at radius 1 is 1.53 bits per heavy atom. The summed E-state index contributed by atoms with van der Waals surface area (Å²) in [7, 11) is 1.37. The number of hydrogen-bond acceptors (Lipinski definition) is 3. The van der Waals surface area contributed by atoms with Crippen molar-refractivity contribution in [3.05, 3.63) is 34.0 Å². The molecular formula is C11H9BrO3. The topological polar surface area (TPSA) is 39.4 Å². The Kier molecular flexibility index (Phi) is 2.52. The highest BCUT2D eigenvalue weighted by molar-refractivity contribution is 9.10. The molecule has 1 heterocycles. The van der Waals surface area contributed by atoms with Crippen LogP contribution in [-0.2, 0) is 4.74 Å². The van der Waals surface area contributed by atoms with Gasteiger partial charge in [0.2, 0.25) is 0 Å². The van der Waals surface area contributed by atoms with Gasteiger partial charge in [-0.15, -0.1) is 0 Å². The van der Waals surface area contributed by atoms with E-state index >= 15 is 0 Å². The number of rotatable bonds is 1. The molecule has 0 atom stereocenters. The molecule has 0 N–H and O–H groups in total. The molecule has 0 aliphatic carbocycles. The molecule has 0 radical (unpaired) electrons. The second-order valence-electron chi connectivity index (χ2n) is 3.19. The Bertz CT molecular complexity index is 528. The van der Waals surface area contributed by atoms with Gasteiger partial charge in [0.05, 0.1) is 23.4 Å². The van der Waals surface area contributed by atoms with Gasteiger partial charge >= 0.3 is 5.97 Å². The largest absolute Gasteiger partial charge is 0.465 e. The highest BCUT2D eigenvalue weighted by Crippen LogP contribution is 2.30. The van der Waals surface area contributed by atoms with Gasteiger partial charge in [0.1, 0.15) is 5.58 Å². The van der Waals surface area contributed by atoms with Gasteiger partial charge in [0, 0.05) is 5.39 Å². The van der Waals surface area contributed by atoms with Gasteiger partial charge < -0.3 is 9.15 Å². The molecule has 0 spiro atoms. The van der Waals surface area contributed by atoms with E-state index in [2.05, 4.69) is 15.9 Å². The number of aryl methyl sites for hydroxylation is 1. The Hall–Kier alpha value is -1.29. The molecule has 15 heavy (non-hydrogen) atoms. The van der Waals surface area contributed by atoms with Crippen LogP contribution >= 0.6 is 15.9 Å². The summed E-state index contributed by atoms with van der Waals surface area (Å²) in [6, 6.07) is 3.55. The fourth-order valence-corrected chi connectivity index (χ4v) is 2.09. The minimum atomic E-state index is -0.337. The molecule has 0 aliphatic heterocycles. The first kappa shape index (κ1) is 10.2. The summed E-state index contributed by atoms with van der Waals surface area (Å²) in [6.45, 7) is 1.87. The van der Waals surface area contributed by atoms with Crippen molar-refractivity contribution in [2.75, 3.05) is 7.11 Å². The maximum Gasteiger partial charge on any atom is 0.338 e. The molecule has 0 saturated carbocycles. The van der Waals surface area contributed by atoms with E-state index in [1.54, 1.807) is 12.3 Å². The molecule has 78 valence electrons. The van der Waals surface area contributed by atoms with Crippen molar-refractivity contribution >= 4 is 32.9 Å². The Balaban J connectivity index is 2.76. The predicted molar refractivity (Wildman–Crippen MR) is 60.0 cm³/mol. The summed E-state index contributed by atoms with van der Waals surface area (Å²) in [4.78, 5) is 11.5. The van der Waals surface area contributed by atoms with Gasteiger partial charge in [-0.25, -0.2) is 4.79 Å². The van der Waals surface area contributed by atoms with Crippen molar-refractivity contribution in [3.8, 4) is 0 Å². The van der Waals surface area contributed by atoms with Gasteiger partial charge in [-0.05, 0) is 40.5 Å². The van der Waals surface area contributed by atoms with Crippen LogP contribution in [0.4, 0.5) is 0 Å². The van der Waals surface area contributed by atoms with Crippen LogP contribution < -0.4 is 0 Å². The van der Waals surface area contributed by atoms with Gasteiger partial charge in [0.25, 0.3) is 0 Å². The van der Waals surface area contributed by atoms with Gasteiger partial charge in [-0.2, -0.15) is 0 Å². The van der Waals surface area contributed by atoms with Crippen molar-refractivity contribution < 1.29 is 13.9 Å². The van der Waals surface area contributed by atoms with Crippen LogP contribution in [0.2, 0.25) is 0 Å². The number of methoxy groups -OCH3 is 1. The molecule has 0 bridgehead atoms. The second-order valence-corrected chi connectivity index (χ2v) is 4.04. The van der Waals surface area contributed by atoms with Gasteiger partial charge in [0.15, 0.2) is 0 Å². The van der Waals surface area contributed by atoms with Crippen molar-refractivity contribution in [2.45, 2.75) is 6.92 Å². The zero-order valence-electron chi connectivity index (χ0n) is 8.33. The molecule has 0 saturated heterocycles. The molecule has 1 aromatic carbocycles. The fourth-order valence-electron chi connectivity index (χ4n) is 1.56. The van der Waals surface area contributed by atoms with Crippen LogP contribution in [0.5, 0.6) is 0 Å². The van der Waals surface area contributed by atoms with Crippen LogP contribution in [-0.4, -0.2) is 13.1 Å². The Labute approximate surface area is 95.1 Å². The molecule has 0 aliphatic rings. The number of benzene rings is 1. The maximum absolute atomic E-state index is 11.5. The summed E-state index contributed by atoms with van der Waals surface area (Å²) in [5.74, 6) is -0.337. The van der Waals surface area contributed by atoms with Crippen LogP contribution in [0, 0.1) is 6.92 Å². The lowest BCUT2D eigenvalue weighted by molar-refractivity contribution is 0.0600. The normalized spacial score (nSPS) is 10.6. The molecule has 2 aromatic rings. The Morgan fingerprint density at radius 2 is 2.27 bits per heavy atom. The van der Waals surface area contributed by atoms with Gasteiger partial charge in [-0.1, -0.05) is 0 Å². The molecule has 1 aromatic heterocycles. The minimum Gasteiger partial charge on any atom is -0.465 e. The van der Waals surface area contributed by atoms with E-state index in [4.69, 9.17) is 9.15 Å². The third-order valence-electron chi connectivity index (χ3n) is 2.37. The van der Waals surface area contributed by atoms with E-state index in [0.29, 0.717) is 5.56 Å². The average Bonchev–Trinajstić information content (AvgIpc) is 2.71. The lowest BCUT2D eigenvalue weighted by atomic mass is 10.1. The summed E-state index contributed by atoms with van der Waals surface area (Å²) >= 11 is 3.36. The molecular weight excluding hydrogens is 260 g/mol. The highest BCUT2D eigenvalue weighted by atomic mass is 79.9. The van der Waals surface area contributed by atoms with Gasteiger partial charge in [-0.3, -0.25) is 0 Å². The summed E-state index contributed by atoms with van der Waals surface area (Å²) in [5, 5.41) is 0.921. The smallest absolute Gasteiger partial charge is 0.338 e. The molecule has 0 amide bonds. The van der Waals surface area contributed by atoms with E-state index in [0.717, 1.165) is 21.0 Å². The molecule has 2 rings (SSSR count). The number of halogens is 1. The first-order valence-corrected chi connectivity index (χ1v) is 5.19. The number of hydrogen-bond donors (Lipinski definition) is 0. The van der Waals surface area contributed by atoms with Crippen molar-refractivity contribution in [2.24, 2.45) is 0 Å². The van der Waals surface area contributed by atoms with Crippen molar-refractivity contribution in [3.63, 3.8) is 0 Å². The third-order valence-corrected chi connectivity index (χ3v) is 2.96. The maximum atomic E-state index is 11.5. The first-order valence-electron chi connectivity index (χ1n) is 4.39. The van der Waals surface area contributed by atoms with Crippen LogP contribution in [0.15, 0.2) is 27.3 Å². The molecule has 0 unspecified atom stereocenters. The summed E-state index contributed by atoms with van der Waals surface area (Å²) in [6.07, 6.45) is 1.60. The lowest BCUT2D eigenvalue weighted by Crippen LogP contribution is -2.03. The average molecular weight is 269 g/mol. The molecule has 0 fully saturated rings. The lowest BCUT2D eigenvalue weighted by Gasteiger charge is -2.05. The monoisotopic (exact) mass is 268 g/mol. The second kappa shape index (κ2) is 3.70. The van der Waals surface area contributed by atoms with E-state index in [-0.39, 0.29) is 5.97 Å². The number of carbonyl (C=O) groups is 1. The van der Waals surface area contributed by atoms with Crippen molar-refractivity contribution in [1.29, 1.82) is 0 Å². The minimum absolute atomic E-state index is 0.337. The first-order chi connectivity index (χ1) is 7.15. The van der Waals surface area contributed by atoms with E-state index in [1.807, 2.05) is 13.0 Å². The van der Waals surface area contributed by atoms with E-state index in [1.165, 1.54) is 7.11 Å². The van der Waals surface area contributed by atoms with E-state index < -0.39 is 0 Å². The zero-order valence-corrected chi connectivity index (χ0v) is 9.92. The summed E-state index contributed by atoms with van der Waals surface area (Å²) < 4.78 is 10.8. The van der Waals surface area contributed by atoms with Crippen LogP contribution in [0.3, 0.4) is 0 Å². The van der Waals surface area contributed by atoms with E-state index in [9.17, 15) is 4.79 Å². The number of esters is 1. The number of fused-ring (bicyclic) bond motifs is 1. The number of carbonyl (C=O) groups excluding carboxylic acids is 1. The summed E-state index contributed by atoms with van der Waals surface area (Å²) in [5.41, 5.74) is 2.17. The predicted octanol–water partition coefficient (Wildman–Crippen LogP) is 3.29. The SMILES string of the molecule is COC(=O)c1cc(Br)c2occc2c1C. The number of ether oxygens (including phenoxy) is 1. The zero-order chi connectivity index (χ0) is 11.0. The molecule has 4 heteroatoms. The fraction of sp³-hybridized carbons (Fsp3) is 0.182. The van der Waals surface area contributed by atoms with Crippen molar-refractivity contribution in [1.82, 2.24) is 0 Å². The number of furan rings is 1. The van der Waals surface area contributed by atoms with Crippen LogP contribution in [0.25, 0.3) is 11.0 Å². The standard InChI is InChI=1S/C11H9BrO3/c1-6-7-3-4-15-10(7)9(12)5-8(6)11(13)14-2/h3-5H,1-2H3. The Morgan fingerprint density at radius 3 is 2.93 bits per heavy atom. The third kappa shape index (κ3) is 1.55. The van der Waals surface area contributed by atoms with Crippen LogP contribution in [0.1, 0.15) is 15.9 Å². The quantitative estimate of drug-likeness (QED) is 0.746. The highest BCUT2D eigenvalue weighted by Gasteiger charge is 2.15.